The maximum absolute atomic E-state index is 14.7. The number of rotatable bonds is 4. The smallest absolute Gasteiger partial charge is 0.446 e. The number of allylic oxidation sites excluding steroid dienone is 2. The molecule has 0 radical (unpaired) electrons. The number of hydrogen-bond acceptors (Lipinski definition) is 14. The number of esters is 1. The number of benzene rings is 2. The second-order valence-corrected chi connectivity index (χ2v) is 17.1. The van der Waals surface area contributed by atoms with E-state index in [-0.39, 0.29) is 49.9 Å². The van der Waals surface area contributed by atoms with Crippen LogP contribution in [0.15, 0.2) is 54.5 Å². The quantitative estimate of drug-likeness (QED) is 0.123. The van der Waals surface area contributed by atoms with E-state index in [1.807, 2.05) is 6.92 Å². The van der Waals surface area contributed by atoms with E-state index in [4.69, 9.17) is 28.1 Å². The zero-order chi connectivity index (χ0) is 45.0. The molecule has 2 aromatic heterocycles. The van der Waals surface area contributed by atoms with Crippen molar-refractivity contribution in [3.63, 3.8) is 0 Å². The Morgan fingerprint density at radius 3 is 2.34 bits per heavy atom. The van der Waals surface area contributed by atoms with Crippen LogP contribution >= 0.6 is 0 Å². The third kappa shape index (κ3) is 8.29. The molecule has 6 rings (SSSR count). The minimum absolute atomic E-state index is 0.0240. The Balaban J connectivity index is 1.65. The lowest BCUT2D eigenvalue weighted by molar-refractivity contribution is -0.160. The Morgan fingerprint density at radius 1 is 1.02 bits per heavy atom. The van der Waals surface area contributed by atoms with Gasteiger partial charge in [-0.1, -0.05) is 45.9 Å². The van der Waals surface area contributed by atoms with Crippen molar-refractivity contribution in [3.8, 4) is 17.2 Å². The first-order chi connectivity index (χ1) is 28.5. The molecule has 9 atom stereocenters. The van der Waals surface area contributed by atoms with Crippen molar-refractivity contribution in [2.75, 3.05) is 12.4 Å². The number of fused-ring (bicyclic) bond motifs is 2. The normalized spacial score (nSPS) is 29.8. The van der Waals surface area contributed by atoms with Crippen molar-refractivity contribution >= 4 is 61.2 Å². The molecule has 1 amide bonds. The molecular weight excluding hydrogens is 815 g/mol. The van der Waals surface area contributed by atoms with E-state index < -0.39 is 93.4 Å². The van der Waals surface area contributed by atoms with Gasteiger partial charge in [0.25, 0.3) is 11.7 Å². The number of phenolic OH excluding ortho intramolecular Hbond substituents is 1. The Hall–Kier alpha value is -5.53. The summed E-state index contributed by atoms with van der Waals surface area (Å²) in [5.41, 5.74) is 0.718. The highest BCUT2D eigenvalue weighted by Gasteiger charge is 2.50. The van der Waals surface area contributed by atoms with Gasteiger partial charge in [0, 0.05) is 67.3 Å². The van der Waals surface area contributed by atoms with Crippen LogP contribution in [0.2, 0.25) is 0 Å². The van der Waals surface area contributed by atoms with Crippen molar-refractivity contribution in [1.29, 1.82) is 0 Å². The fourth-order valence-corrected chi connectivity index (χ4v) is 8.58. The van der Waals surface area contributed by atoms with Crippen LogP contribution in [-0.2, 0) is 34.2 Å². The maximum Gasteiger partial charge on any atom is 0.446 e. The number of ketones is 1. The average molecular weight is 866 g/mol. The van der Waals surface area contributed by atoms with Gasteiger partial charge >= 0.3 is 22.2 Å². The number of aromatic hydroxyl groups is 1. The van der Waals surface area contributed by atoms with Gasteiger partial charge in [0.15, 0.2) is 5.75 Å². The summed E-state index contributed by atoms with van der Waals surface area (Å²) >= 11 is 0. The van der Waals surface area contributed by atoms with Gasteiger partial charge in [-0.25, -0.2) is 4.98 Å². The standard InChI is InChI=1S/C43H51N3O14S/c1-19-14-16-46-28(18-19)44-32-29-30-37(50)25(7)39-31(29)41(51)43(9,59-39)57-17-15-27(56-10)22(4)38(58-26(8)47)24(6)36(49)23(5)35(48)20(2)12-11-13-21(3)42(52)45-33(34(32)46)40(30)60-61(53,54)55/h11-18,20,22-24,27,35-36,38,48-50H,1-10H3,(H,45,52)(H,53,54,55)/b12-11+,17-15+,21-13-/t20-,22+,23+,24+,27-,35-,36+,38+,43-/m0/s1. The molecule has 5 N–H and O–H groups in total. The molecule has 4 bridgehead atoms. The summed E-state index contributed by atoms with van der Waals surface area (Å²) in [5.74, 6) is -8.34. The number of phenols is 1. The molecule has 0 saturated heterocycles. The van der Waals surface area contributed by atoms with Gasteiger partial charge in [0.1, 0.15) is 40.0 Å². The number of nitrogens with zero attached hydrogens (tertiary/aromatic N) is 2. The molecule has 0 spiro atoms. The number of aliphatic hydroxyl groups is 2. The zero-order valence-electron chi connectivity index (χ0n) is 35.4. The fraction of sp³-hybridized carbons (Fsp3) is 0.442. The summed E-state index contributed by atoms with van der Waals surface area (Å²) in [6.07, 6.45) is 4.84. The van der Waals surface area contributed by atoms with Gasteiger partial charge in [-0.3, -0.25) is 23.3 Å². The van der Waals surface area contributed by atoms with Crippen molar-refractivity contribution in [3.05, 3.63) is 71.2 Å². The predicted molar refractivity (Wildman–Crippen MR) is 224 cm³/mol. The summed E-state index contributed by atoms with van der Waals surface area (Å²) in [6.45, 7) is 14.1. The third-order valence-corrected chi connectivity index (χ3v) is 12.1. The molecule has 328 valence electrons. The number of aliphatic hydroxyl groups excluding tert-OH is 2. The number of pyridine rings is 1. The molecule has 2 aromatic carbocycles. The van der Waals surface area contributed by atoms with Crippen LogP contribution in [0.3, 0.4) is 0 Å². The third-order valence-electron chi connectivity index (χ3n) is 11.7. The second kappa shape index (κ2) is 16.7. The van der Waals surface area contributed by atoms with E-state index in [0.717, 1.165) is 5.56 Å². The monoisotopic (exact) mass is 865 g/mol. The number of imidazole rings is 1. The number of aromatic nitrogens is 2. The lowest BCUT2D eigenvalue weighted by Crippen LogP contribution is -2.46. The van der Waals surface area contributed by atoms with Crippen LogP contribution in [0, 0.1) is 37.5 Å². The van der Waals surface area contributed by atoms with Crippen molar-refractivity contribution < 1.29 is 65.8 Å². The second-order valence-electron chi connectivity index (χ2n) is 16.1. The first-order valence-corrected chi connectivity index (χ1v) is 21.0. The number of ether oxygens (including phenoxy) is 4. The number of nitrogens with one attached hydrogen (secondary N) is 1. The van der Waals surface area contributed by atoms with Crippen molar-refractivity contribution in [1.82, 2.24) is 9.38 Å². The average Bonchev–Trinajstić information content (AvgIpc) is 3.69. The van der Waals surface area contributed by atoms with E-state index in [0.29, 0.717) is 5.65 Å². The minimum atomic E-state index is -5.37. The number of hydrogen-bond donors (Lipinski definition) is 5. The highest BCUT2D eigenvalue weighted by atomic mass is 32.3. The van der Waals surface area contributed by atoms with Crippen LogP contribution in [0.1, 0.15) is 70.0 Å². The Morgan fingerprint density at radius 2 is 1.70 bits per heavy atom. The molecule has 4 aromatic rings. The molecular formula is C43H51N3O14S. The number of methoxy groups -OCH3 is 1. The molecule has 17 nitrogen and oxygen atoms in total. The number of Topliss-reactive ketones (excluding diaryl/α,β-unsaturated/α-hetero) is 1. The van der Waals surface area contributed by atoms with Crippen LogP contribution in [0.4, 0.5) is 5.69 Å². The first-order valence-electron chi connectivity index (χ1n) is 19.6. The molecule has 0 saturated carbocycles. The van der Waals surface area contributed by atoms with E-state index >= 15 is 0 Å². The SMILES string of the molecule is CO[C@H]1/C=C/O[C@@]2(C)Oc3c(C)c(O)c4c(OS(=O)(=O)O)c(c5c(nc6cc(C)ccn65)c4c3C2=O)NC(=O)/C(C)=C\C=C\[C@H](C)[C@H](O)[C@@H](C)[C@@H](O)[C@@H](C)[C@H](OC(C)=O)[C@@H]1C. The zero-order valence-corrected chi connectivity index (χ0v) is 36.2. The molecule has 61 heavy (non-hydrogen) atoms. The lowest BCUT2D eigenvalue weighted by atomic mass is 9.78. The molecule has 18 heteroatoms. The first kappa shape index (κ1) is 45.0. The fourth-order valence-electron chi connectivity index (χ4n) is 8.20. The van der Waals surface area contributed by atoms with Gasteiger partial charge in [0.05, 0.1) is 35.5 Å². The van der Waals surface area contributed by atoms with E-state index in [1.54, 1.807) is 52.1 Å². The van der Waals surface area contributed by atoms with Crippen LogP contribution in [0.25, 0.3) is 27.5 Å². The number of carbonyl (C=O) groups excluding carboxylic acids is 3. The van der Waals surface area contributed by atoms with Crippen LogP contribution in [0.5, 0.6) is 17.2 Å². The molecule has 2 aliphatic heterocycles. The molecule has 4 heterocycles. The minimum Gasteiger partial charge on any atom is -0.507 e. The summed E-state index contributed by atoms with van der Waals surface area (Å²) in [6, 6.07) is 3.43. The summed E-state index contributed by atoms with van der Waals surface area (Å²) in [4.78, 5) is 45.9. The van der Waals surface area contributed by atoms with Gasteiger partial charge < -0.3 is 43.8 Å². The summed E-state index contributed by atoms with van der Waals surface area (Å²) in [7, 11) is -3.96. The van der Waals surface area contributed by atoms with Gasteiger partial charge in [0.2, 0.25) is 0 Å². The largest absolute Gasteiger partial charge is 0.507 e. The summed E-state index contributed by atoms with van der Waals surface area (Å²) in [5, 5.41) is 37.0. The molecule has 0 fully saturated rings. The van der Waals surface area contributed by atoms with E-state index in [2.05, 4.69) is 5.32 Å². The van der Waals surface area contributed by atoms with Gasteiger partial charge in [-0.2, -0.15) is 8.42 Å². The number of carbonyl (C=O) groups is 3. The van der Waals surface area contributed by atoms with E-state index in [9.17, 15) is 42.7 Å². The Kier molecular flexibility index (Phi) is 12.3. The Bertz CT molecular complexity index is 2650. The lowest BCUT2D eigenvalue weighted by Gasteiger charge is -2.38. The van der Waals surface area contributed by atoms with Crippen LogP contribution in [-0.4, -0.2) is 92.6 Å². The number of anilines is 1. The topological polar surface area (TPSA) is 242 Å². The highest BCUT2D eigenvalue weighted by Crippen LogP contribution is 2.54. The molecule has 0 unspecified atom stereocenters. The Labute approximate surface area is 352 Å². The van der Waals surface area contributed by atoms with Gasteiger partial charge in [-0.15, -0.1) is 0 Å². The molecule has 0 aliphatic carbocycles. The number of aryl methyl sites for hydroxylation is 1. The number of amides is 1. The van der Waals surface area contributed by atoms with Crippen LogP contribution < -0.4 is 14.2 Å². The van der Waals surface area contributed by atoms with Crippen molar-refractivity contribution in [2.45, 2.75) is 92.5 Å². The molecule has 2 aliphatic rings. The maximum atomic E-state index is 14.7. The van der Waals surface area contributed by atoms with Gasteiger partial charge in [-0.05, 0) is 44.5 Å². The predicted octanol–water partition coefficient (Wildman–Crippen LogP) is 5.63. The summed E-state index contributed by atoms with van der Waals surface area (Å²) < 4.78 is 65.8. The van der Waals surface area contributed by atoms with E-state index in [1.165, 1.54) is 63.7 Å². The highest BCUT2D eigenvalue weighted by molar-refractivity contribution is 7.81. The van der Waals surface area contributed by atoms with Crippen molar-refractivity contribution in [2.24, 2.45) is 23.7 Å².